The van der Waals surface area contributed by atoms with Crippen LogP contribution in [0.25, 0.3) is 99.2 Å². The van der Waals surface area contributed by atoms with E-state index in [9.17, 15) is 0 Å². The minimum atomic E-state index is -0.0538. The molecule has 0 spiro atoms. The monoisotopic (exact) mass is 1100 g/mol. The molecule has 0 aliphatic carbocycles. The molecule has 408 valence electrons. The second-order valence-corrected chi connectivity index (χ2v) is 22.9. The van der Waals surface area contributed by atoms with Gasteiger partial charge in [-0.25, -0.2) is 0 Å². The molecule has 17 rings (SSSR count). The normalized spacial score (nSPS) is 12.6. The molecule has 5 heteroatoms. The van der Waals surface area contributed by atoms with Gasteiger partial charge in [0.2, 0.25) is 0 Å². The van der Waals surface area contributed by atoms with Crippen LogP contribution in [0.3, 0.4) is 0 Å². The van der Waals surface area contributed by atoms with Crippen LogP contribution in [0.4, 0.5) is 34.1 Å². The predicted molar refractivity (Wildman–Crippen MR) is 361 cm³/mol. The van der Waals surface area contributed by atoms with E-state index in [2.05, 4.69) is 336 Å². The average Bonchev–Trinajstić information content (AvgIpc) is 1.57. The average molecular weight is 1100 g/mol. The highest BCUT2D eigenvalue weighted by Gasteiger charge is 2.36. The minimum Gasteiger partial charge on any atom is -0.456 e. The number of fused-ring (bicyclic) bond motifs is 11. The van der Waals surface area contributed by atoms with Gasteiger partial charge in [0.1, 0.15) is 11.2 Å². The van der Waals surface area contributed by atoms with Crippen LogP contribution in [0, 0.1) is 0 Å². The molecule has 5 nitrogen and oxygen atoms in total. The Labute approximate surface area is 499 Å². The summed E-state index contributed by atoms with van der Waals surface area (Å²) < 4.78 is 11.0. The molecular weight excluding hydrogens is 1040 g/mol. The van der Waals surface area contributed by atoms with Crippen molar-refractivity contribution in [3.8, 4) is 33.6 Å². The lowest BCUT2D eigenvalue weighted by Crippen LogP contribution is -2.30. The smallest absolute Gasteiger partial charge is 0.137 e. The van der Waals surface area contributed by atoms with E-state index >= 15 is 0 Å². The molecule has 0 radical (unpaired) electrons. The van der Waals surface area contributed by atoms with Gasteiger partial charge in [-0.2, -0.15) is 0 Å². The van der Waals surface area contributed by atoms with Gasteiger partial charge in [0.15, 0.2) is 0 Å². The molecule has 0 N–H and O–H groups in total. The number of aromatic nitrogens is 2. The lowest BCUT2D eigenvalue weighted by Gasteiger charge is -2.42. The molecule has 1 aliphatic rings. The molecule has 0 fully saturated rings. The number of rotatable bonds is 8. The number of benzene rings is 13. The van der Waals surface area contributed by atoms with Gasteiger partial charge >= 0.3 is 0 Å². The van der Waals surface area contributed by atoms with Crippen molar-refractivity contribution in [2.24, 2.45) is 0 Å². The van der Waals surface area contributed by atoms with Crippen LogP contribution in [-0.4, -0.2) is 9.13 Å². The van der Waals surface area contributed by atoms with E-state index in [0.717, 1.165) is 44.7 Å². The first-order valence-corrected chi connectivity index (χ1v) is 29.6. The third-order valence-electron chi connectivity index (χ3n) is 17.6. The lowest BCUT2D eigenvalue weighted by atomic mass is 9.73. The van der Waals surface area contributed by atoms with E-state index in [1.54, 1.807) is 0 Å². The molecule has 0 saturated heterocycles. The first-order valence-electron chi connectivity index (χ1n) is 29.6. The van der Waals surface area contributed by atoms with Crippen molar-refractivity contribution >= 4 is 99.7 Å². The largest absolute Gasteiger partial charge is 0.456 e. The maximum absolute atomic E-state index is 6.31. The van der Waals surface area contributed by atoms with E-state index in [1.807, 2.05) is 12.1 Å². The Bertz CT molecular complexity index is 5030. The summed E-state index contributed by atoms with van der Waals surface area (Å²) in [4.78, 5) is 4.71. The first-order chi connectivity index (χ1) is 42.4. The number of anilines is 6. The van der Waals surface area contributed by atoms with Crippen LogP contribution < -0.4 is 9.80 Å². The number of nitrogens with zero attached hydrogens (tertiary/aromatic N) is 4. The van der Waals surface area contributed by atoms with Crippen LogP contribution in [0.1, 0.15) is 25.0 Å². The fourth-order valence-corrected chi connectivity index (χ4v) is 13.4. The fraction of sp³-hybridized carbons (Fsp3) is 0.0370. The topological polar surface area (TPSA) is 29.5 Å². The van der Waals surface area contributed by atoms with Gasteiger partial charge in [-0.1, -0.05) is 208 Å². The summed E-state index contributed by atoms with van der Waals surface area (Å²) in [5, 5.41) is 7.34. The van der Waals surface area contributed by atoms with E-state index < -0.39 is 0 Å². The molecule has 0 unspecified atom stereocenters. The summed E-state index contributed by atoms with van der Waals surface area (Å²) in [6, 6.07) is 113. The Kier molecular flexibility index (Phi) is 12.1. The van der Waals surface area contributed by atoms with Crippen molar-refractivity contribution in [3.05, 3.63) is 327 Å². The van der Waals surface area contributed by atoms with Crippen LogP contribution in [0.15, 0.2) is 320 Å². The van der Waals surface area contributed by atoms with Crippen LogP contribution in [0.2, 0.25) is 0 Å². The van der Waals surface area contributed by atoms with Gasteiger partial charge in [0.05, 0.1) is 33.4 Å². The standard InChI is InChI=1S/C42H28N2O.C39H30N2/c1-2-10-29(11-3-1)30-18-20-31(21-19-30)43(34-26-27-38-37-14-6-9-17-41(37)45-42(38)28-34)32-22-24-33(25-23-32)44-39-15-7-4-12-35(39)36-13-5-8-16-40(36)44;1-39(2)33-13-5-9-17-37(33)41(38-18-10-6-14-34(38)39)30-25-21-28(22-26-30)27-19-23-29(24-20-27)40-35-15-7-3-11-31(35)32-12-4-8-16-36(32)40/h1-28H;3-26H,1-2H3. The van der Waals surface area contributed by atoms with Crippen molar-refractivity contribution in [2.45, 2.75) is 19.3 Å². The minimum absolute atomic E-state index is 0.0538. The number of furan rings is 1. The summed E-state index contributed by atoms with van der Waals surface area (Å²) in [6.07, 6.45) is 0. The van der Waals surface area contributed by atoms with Gasteiger partial charge in [-0.3, -0.25) is 0 Å². The summed E-state index contributed by atoms with van der Waals surface area (Å²) in [6.45, 7) is 4.65. The van der Waals surface area contributed by atoms with Crippen molar-refractivity contribution in [1.82, 2.24) is 9.13 Å². The molecular formula is C81H58N4O. The molecule has 0 atom stereocenters. The second-order valence-electron chi connectivity index (χ2n) is 22.9. The number of para-hydroxylation sites is 7. The Balaban J connectivity index is 0.000000140. The summed E-state index contributed by atoms with van der Waals surface area (Å²) in [5.41, 5.74) is 23.3. The van der Waals surface area contributed by atoms with E-state index in [0.29, 0.717) is 0 Å². The Morgan fingerprint density at radius 3 is 1.13 bits per heavy atom. The summed E-state index contributed by atoms with van der Waals surface area (Å²) in [5.74, 6) is 0. The zero-order chi connectivity index (χ0) is 57.3. The SMILES string of the molecule is CC1(C)c2ccccc2N(c2ccc(-c3ccc(-n4c5ccccc5c5ccccc54)cc3)cc2)c2ccccc21.c1ccc(-c2ccc(N(c3ccc(-n4c5ccccc5c5ccccc54)cc3)c3ccc4c(c3)oc3ccccc34)cc2)cc1. The number of hydrogen-bond acceptors (Lipinski definition) is 3. The molecule has 13 aromatic carbocycles. The third kappa shape index (κ3) is 8.46. The van der Waals surface area contributed by atoms with Gasteiger partial charge in [0, 0.05) is 77.9 Å². The zero-order valence-corrected chi connectivity index (χ0v) is 47.7. The predicted octanol–water partition coefficient (Wildman–Crippen LogP) is 22.4. The van der Waals surface area contributed by atoms with Crippen LogP contribution in [-0.2, 0) is 5.41 Å². The second kappa shape index (κ2) is 20.6. The van der Waals surface area contributed by atoms with Crippen molar-refractivity contribution in [2.75, 3.05) is 9.80 Å². The highest BCUT2D eigenvalue weighted by molar-refractivity contribution is 6.11. The molecule has 86 heavy (non-hydrogen) atoms. The highest BCUT2D eigenvalue weighted by atomic mass is 16.3. The Hall–Kier alpha value is -11.1. The lowest BCUT2D eigenvalue weighted by molar-refractivity contribution is 0.632. The summed E-state index contributed by atoms with van der Waals surface area (Å²) in [7, 11) is 0. The number of hydrogen-bond donors (Lipinski definition) is 0. The molecule has 0 bridgehead atoms. The summed E-state index contributed by atoms with van der Waals surface area (Å²) >= 11 is 0. The van der Waals surface area contributed by atoms with E-state index in [4.69, 9.17) is 4.42 Å². The van der Waals surface area contributed by atoms with Gasteiger partial charge in [-0.15, -0.1) is 0 Å². The van der Waals surface area contributed by atoms with Gasteiger partial charge < -0.3 is 23.4 Å². The van der Waals surface area contributed by atoms with Crippen LogP contribution >= 0.6 is 0 Å². The van der Waals surface area contributed by atoms with Crippen molar-refractivity contribution < 1.29 is 4.42 Å². The van der Waals surface area contributed by atoms with Crippen molar-refractivity contribution in [1.29, 1.82) is 0 Å². The first kappa shape index (κ1) is 50.6. The van der Waals surface area contributed by atoms with Gasteiger partial charge in [-0.05, 0) is 149 Å². The Morgan fingerprint density at radius 1 is 0.279 bits per heavy atom. The molecule has 4 heterocycles. The maximum Gasteiger partial charge on any atom is 0.137 e. The quantitative estimate of drug-likeness (QED) is 0.152. The third-order valence-corrected chi connectivity index (χ3v) is 17.6. The molecule has 1 aliphatic heterocycles. The molecule has 0 saturated carbocycles. The molecule has 16 aromatic rings. The van der Waals surface area contributed by atoms with E-state index in [1.165, 1.54) is 99.7 Å². The molecule has 3 aromatic heterocycles. The fourth-order valence-electron chi connectivity index (χ4n) is 13.4. The Morgan fingerprint density at radius 2 is 0.628 bits per heavy atom. The van der Waals surface area contributed by atoms with Crippen molar-refractivity contribution in [3.63, 3.8) is 0 Å². The van der Waals surface area contributed by atoms with Gasteiger partial charge in [0.25, 0.3) is 0 Å². The zero-order valence-electron chi connectivity index (χ0n) is 47.7. The maximum atomic E-state index is 6.31. The van der Waals surface area contributed by atoms with Crippen LogP contribution in [0.5, 0.6) is 0 Å². The van der Waals surface area contributed by atoms with E-state index in [-0.39, 0.29) is 5.41 Å². The molecule has 0 amide bonds. The highest BCUT2D eigenvalue weighted by Crippen LogP contribution is 2.52.